The van der Waals surface area contributed by atoms with Gasteiger partial charge in [0.05, 0.1) is 29.9 Å². The van der Waals surface area contributed by atoms with Crippen molar-refractivity contribution in [3.63, 3.8) is 0 Å². The molecule has 60 heavy (non-hydrogen) atoms. The minimum Gasteiger partial charge on any atom is -0.476 e. The predicted molar refractivity (Wildman–Crippen MR) is 229 cm³/mol. The van der Waals surface area contributed by atoms with Crippen LogP contribution in [0.1, 0.15) is 55.9 Å². The van der Waals surface area contributed by atoms with Crippen LogP contribution in [0.15, 0.2) is 140 Å². The Hall–Kier alpha value is -6.44. The number of hydrogen-bond acceptors (Lipinski definition) is 6. The van der Waals surface area contributed by atoms with Gasteiger partial charge in [0.2, 0.25) is 0 Å². The van der Waals surface area contributed by atoms with Crippen LogP contribution in [-0.2, 0) is 21.5 Å². The average molecular weight is 822 g/mol. The number of carbonyl (C=O) groups is 2. The van der Waals surface area contributed by atoms with Gasteiger partial charge in [-0.15, -0.1) is 0 Å². The number of halogens is 2. The van der Waals surface area contributed by atoms with Gasteiger partial charge in [0.25, 0.3) is 5.91 Å². The van der Waals surface area contributed by atoms with Crippen LogP contribution in [0, 0.1) is 22.6 Å². The van der Waals surface area contributed by atoms with Crippen LogP contribution >= 0.6 is 11.6 Å². The molecule has 0 spiro atoms. The van der Waals surface area contributed by atoms with E-state index in [2.05, 4.69) is 42.5 Å². The molecule has 2 aliphatic heterocycles. The molecule has 304 valence electrons. The van der Waals surface area contributed by atoms with Gasteiger partial charge in [0.1, 0.15) is 17.0 Å². The van der Waals surface area contributed by atoms with Gasteiger partial charge in [-0.25, -0.2) is 9.18 Å². The lowest BCUT2D eigenvalue weighted by atomic mass is 9.75. The highest BCUT2D eigenvalue weighted by molar-refractivity contribution is 6.31. The maximum atomic E-state index is 14.5. The second kappa shape index (κ2) is 16.3. The molecule has 1 saturated heterocycles. The van der Waals surface area contributed by atoms with E-state index in [0.29, 0.717) is 59.9 Å². The van der Waals surface area contributed by atoms with Crippen molar-refractivity contribution < 1.29 is 23.5 Å². The monoisotopic (exact) mass is 821 g/mol. The molecule has 0 bridgehead atoms. The van der Waals surface area contributed by atoms with Crippen LogP contribution in [-0.4, -0.2) is 58.0 Å². The standard InChI is InChI=1S/C49H45ClFN5O4/c1-47(2,3)60-46(58)55-32-43(45(57)54-25-23-48(33-52,24-26-54)29-34-19-21-40(51)22-20-34)59-44-41(27-39(50)28-42(44)55)35-30-53-56(31-35)49(36-13-7-4-8-14-36,37-15-9-5-10-16-37)38-17-11-6-12-18-38/h4-22,27-28,30-31,43H,23-26,29,32H2,1-3H3. The number of nitrogens with zero attached hydrogens (tertiary/aromatic N) is 5. The summed E-state index contributed by atoms with van der Waals surface area (Å²) in [6, 6.07) is 42.6. The molecule has 3 heterocycles. The molecule has 0 N–H and O–H groups in total. The van der Waals surface area contributed by atoms with Crippen molar-refractivity contribution in [3.8, 4) is 22.9 Å². The fourth-order valence-electron chi connectivity index (χ4n) is 8.44. The maximum absolute atomic E-state index is 14.5. The Morgan fingerprint density at radius 3 is 1.98 bits per heavy atom. The summed E-state index contributed by atoms with van der Waals surface area (Å²) in [5.74, 6) is -0.354. The highest BCUT2D eigenvalue weighted by Crippen LogP contribution is 2.47. The second-order valence-electron chi connectivity index (χ2n) is 16.5. The van der Waals surface area contributed by atoms with E-state index in [1.165, 1.54) is 17.0 Å². The molecule has 0 radical (unpaired) electrons. The molecule has 1 atom stereocenters. The minimum atomic E-state index is -1.09. The number of carbonyl (C=O) groups excluding carboxylic acids is 2. The molecular weight excluding hydrogens is 777 g/mol. The molecule has 8 rings (SSSR count). The number of hydrogen-bond donors (Lipinski definition) is 0. The van der Waals surface area contributed by atoms with Gasteiger partial charge in [0, 0.05) is 35.4 Å². The predicted octanol–water partition coefficient (Wildman–Crippen LogP) is 10.1. The third-order valence-electron chi connectivity index (χ3n) is 11.4. The van der Waals surface area contributed by atoms with E-state index in [9.17, 15) is 19.2 Å². The zero-order valence-corrected chi connectivity index (χ0v) is 34.5. The summed E-state index contributed by atoms with van der Waals surface area (Å²) in [5.41, 5.74) is 2.95. The summed E-state index contributed by atoms with van der Waals surface area (Å²) in [7, 11) is 0. The number of anilines is 1. The Morgan fingerprint density at radius 1 is 0.883 bits per heavy atom. The van der Waals surface area contributed by atoms with Crippen molar-refractivity contribution in [3.05, 3.63) is 173 Å². The molecule has 6 aromatic rings. The van der Waals surface area contributed by atoms with E-state index in [-0.39, 0.29) is 18.3 Å². The van der Waals surface area contributed by atoms with Crippen LogP contribution in [0.2, 0.25) is 5.02 Å². The van der Waals surface area contributed by atoms with Crippen molar-refractivity contribution in [2.45, 2.75) is 57.3 Å². The lowest BCUT2D eigenvalue weighted by Gasteiger charge is -2.41. The molecular formula is C49H45ClFN5O4. The number of fused-ring (bicyclic) bond motifs is 1. The largest absolute Gasteiger partial charge is 0.476 e. The topological polar surface area (TPSA) is 101 Å². The van der Waals surface area contributed by atoms with Crippen molar-refractivity contribution in [1.29, 1.82) is 5.26 Å². The van der Waals surface area contributed by atoms with Gasteiger partial charge in [0.15, 0.2) is 11.9 Å². The van der Waals surface area contributed by atoms with E-state index >= 15 is 0 Å². The van der Waals surface area contributed by atoms with Crippen molar-refractivity contribution in [2.24, 2.45) is 5.41 Å². The summed E-state index contributed by atoms with van der Waals surface area (Å²) < 4.78 is 28.1. The quantitative estimate of drug-likeness (QED) is 0.142. The average Bonchev–Trinajstić information content (AvgIpc) is 3.75. The number of amides is 2. The molecule has 1 fully saturated rings. The number of nitriles is 1. The number of aromatic nitrogens is 2. The summed E-state index contributed by atoms with van der Waals surface area (Å²) in [6.07, 6.45) is 3.25. The molecule has 1 aromatic heterocycles. The molecule has 11 heteroatoms. The normalized spacial score (nSPS) is 16.3. The fraction of sp³-hybridized carbons (Fsp3) is 0.265. The molecule has 9 nitrogen and oxygen atoms in total. The zero-order valence-electron chi connectivity index (χ0n) is 33.7. The number of rotatable bonds is 8. The van der Waals surface area contributed by atoms with Gasteiger partial charge in [-0.05, 0) is 86.6 Å². The van der Waals surface area contributed by atoms with E-state index in [1.54, 1.807) is 56.1 Å². The Bertz CT molecular complexity index is 2430. The number of likely N-dealkylation sites (tertiary alicyclic amines) is 1. The molecule has 1 unspecified atom stereocenters. The fourth-order valence-corrected chi connectivity index (χ4v) is 8.65. The van der Waals surface area contributed by atoms with Crippen molar-refractivity contribution >= 4 is 29.3 Å². The smallest absolute Gasteiger partial charge is 0.415 e. The van der Waals surface area contributed by atoms with E-state index in [0.717, 1.165) is 22.3 Å². The zero-order chi connectivity index (χ0) is 42.1. The van der Waals surface area contributed by atoms with Crippen LogP contribution in [0.25, 0.3) is 11.1 Å². The van der Waals surface area contributed by atoms with E-state index in [4.69, 9.17) is 26.2 Å². The first-order valence-corrected chi connectivity index (χ1v) is 20.4. The molecule has 5 aromatic carbocycles. The first-order chi connectivity index (χ1) is 28.9. The molecule has 0 aliphatic carbocycles. The van der Waals surface area contributed by atoms with Crippen LogP contribution in [0.5, 0.6) is 5.75 Å². The first kappa shape index (κ1) is 40.3. The summed E-state index contributed by atoms with van der Waals surface area (Å²) in [6.45, 7) is 5.86. The third-order valence-corrected chi connectivity index (χ3v) is 11.6. The summed E-state index contributed by atoms with van der Waals surface area (Å²) in [4.78, 5) is 31.6. The highest BCUT2D eigenvalue weighted by atomic mass is 35.5. The van der Waals surface area contributed by atoms with Crippen LogP contribution < -0.4 is 9.64 Å². The van der Waals surface area contributed by atoms with Crippen LogP contribution in [0.3, 0.4) is 0 Å². The lowest BCUT2D eigenvalue weighted by Crippen LogP contribution is -2.54. The summed E-state index contributed by atoms with van der Waals surface area (Å²) >= 11 is 6.86. The van der Waals surface area contributed by atoms with Crippen molar-refractivity contribution in [1.82, 2.24) is 14.7 Å². The molecule has 2 amide bonds. The van der Waals surface area contributed by atoms with Gasteiger partial charge >= 0.3 is 6.09 Å². The molecule has 0 saturated carbocycles. The Kier molecular flexibility index (Phi) is 11.0. The number of benzene rings is 5. The van der Waals surface area contributed by atoms with Crippen LogP contribution in [0.4, 0.5) is 14.9 Å². The number of ether oxygens (including phenoxy) is 2. The lowest BCUT2D eigenvalue weighted by molar-refractivity contribution is -0.140. The van der Waals surface area contributed by atoms with Gasteiger partial charge in [-0.3, -0.25) is 14.4 Å². The third kappa shape index (κ3) is 7.85. The second-order valence-corrected chi connectivity index (χ2v) is 16.9. The van der Waals surface area contributed by atoms with Gasteiger partial charge in [-0.1, -0.05) is 115 Å². The van der Waals surface area contributed by atoms with E-state index < -0.39 is 28.8 Å². The molecule has 2 aliphatic rings. The maximum Gasteiger partial charge on any atom is 0.415 e. The highest BCUT2D eigenvalue weighted by Gasteiger charge is 2.44. The Balaban J connectivity index is 1.18. The summed E-state index contributed by atoms with van der Waals surface area (Å²) in [5, 5.41) is 15.7. The van der Waals surface area contributed by atoms with Crippen molar-refractivity contribution in [2.75, 3.05) is 24.5 Å². The van der Waals surface area contributed by atoms with Gasteiger partial charge < -0.3 is 14.4 Å². The first-order valence-electron chi connectivity index (χ1n) is 20.1. The Morgan fingerprint density at radius 2 is 1.45 bits per heavy atom. The van der Waals surface area contributed by atoms with Gasteiger partial charge in [-0.2, -0.15) is 10.4 Å². The van der Waals surface area contributed by atoms with E-state index in [1.807, 2.05) is 65.5 Å². The minimum absolute atomic E-state index is 0.117. The number of piperidine rings is 1. The SMILES string of the molecule is CC(C)(C)OC(=O)N1CC(C(=O)N2CCC(C#N)(Cc3ccc(F)cc3)CC2)Oc2c(-c3cnn(C(c4ccccc4)(c4ccccc4)c4ccccc4)c3)cc(Cl)cc21. The Labute approximate surface area is 354 Å².